The summed E-state index contributed by atoms with van der Waals surface area (Å²) in [5, 5.41) is 8.75. The van der Waals surface area contributed by atoms with Crippen molar-refractivity contribution in [2.24, 2.45) is 0 Å². The fourth-order valence-corrected chi connectivity index (χ4v) is 4.25. The summed E-state index contributed by atoms with van der Waals surface area (Å²) in [6, 6.07) is 0. The standard InChI is InChI=1S/C10H9BrClNO5S/c1-4(14)18-2-5-3-19-9-10(11,12)8(17)13(9)6(5)7(15)16/h9H,2-3H2,1H3,(H,15,16)/t9-,10?/m1/s1. The second-order valence-electron chi connectivity index (χ2n) is 4.00. The summed E-state index contributed by atoms with van der Waals surface area (Å²) in [5.74, 6) is -1.93. The van der Waals surface area contributed by atoms with E-state index in [1.807, 2.05) is 0 Å². The van der Waals surface area contributed by atoms with E-state index in [4.69, 9.17) is 16.3 Å². The minimum absolute atomic E-state index is 0.141. The van der Waals surface area contributed by atoms with Crippen LogP contribution >= 0.6 is 39.3 Å². The van der Waals surface area contributed by atoms with Gasteiger partial charge in [0.05, 0.1) is 0 Å². The van der Waals surface area contributed by atoms with Crippen molar-refractivity contribution in [2.75, 3.05) is 12.4 Å². The number of amides is 1. The number of hydrogen-bond acceptors (Lipinski definition) is 5. The van der Waals surface area contributed by atoms with Crippen molar-refractivity contribution >= 4 is 57.1 Å². The van der Waals surface area contributed by atoms with Crippen LogP contribution in [0.4, 0.5) is 0 Å². The molecule has 0 aliphatic carbocycles. The highest BCUT2D eigenvalue weighted by Crippen LogP contribution is 2.52. The lowest BCUT2D eigenvalue weighted by Crippen LogP contribution is -2.68. The molecule has 19 heavy (non-hydrogen) atoms. The second kappa shape index (κ2) is 4.99. The first-order valence-electron chi connectivity index (χ1n) is 5.18. The van der Waals surface area contributed by atoms with E-state index in [9.17, 15) is 19.5 Å². The number of nitrogens with zero attached hydrogens (tertiary/aromatic N) is 1. The first-order chi connectivity index (χ1) is 8.76. The van der Waals surface area contributed by atoms with Gasteiger partial charge in [-0.2, -0.15) is 0 Å². The molecule has 1 N–H and O–H groups in total. The van der Waals surface area contributed by atoms with Crippen molar-refractivity contribution in [2.45, 2.75) is 16.1 Å². The Labute approximate surface area is 126 Å². The van der Waals surface area contributed by atoms with E-state index in [0.29, 0.717) is 11.3 Å². The molecule has 2 rings (SSSR count). The molecule has 1 unspecified atom stereocenters. The molecule has 2 aliphatic heterocycles. The highest BCUT2D eigenvalue weighted by atomic mass is 79.9. The fourth-order valence-electron chi connectivity index (χ4n) is 1.84. The van der Waals surface area contributed by atoms with Gasteiger partial charge < -0.3 is 9.84 Å². The molecule has 0 radical (unpaired) electrons. The number of thioether (sulfide) groups is 1. The Morgan fingerprint density at radius 3 is 2.84 bits per heavy atom. The van der Waals surface area contributed by atoms with Crippen LogP contribution in [0.5, 0.6) is 0 Å². The monoisotopic (exact) mass is 369 g/mol. The molecule has 6 nitrogen and oxygen atoms in total. The zero-order valence-corrected chi connectivity index (χ0v) is 12.8. The maximum absolute atomic E-state index is 11.8. The Hall–Kier alpha value is -0.730. The lowest BCUT2D eigenvalue weighted by Gasteiger charge is -2.51. The van der Waals surface area contributed by atoms with Crippen molar-refractivity contribution in [1.29, 1.82) is 0 Å². The van der Waals surface area contributed by atoms with E-state index in [0.717, 1.165) is 4.90 Å². The predicted molar refractivity (Wildman–Crippen MR) is 71.9 cm³/mol. The first-order valence-corrected chi connectivity index (χ1v) is 7.40. The number of carboxylic acids is 1. The van der Waals surface area contributed by atoms with Gasteiger partial charge in [0.25, 0.3) is 5.91 Å². The summed E-state index contributed by atoms with van der Waals surface area (Å²) < 4.78 is 3.54. The highest BCUT2D eigenvalue weighted by Gasteiger charge is 2.62. The van der Waals surface area contributed by atoms with Crippen molar-refractivity contribution in [3.05, 3.63) is 11.3 Å². The van der Waals surface area contributed by atoms with Gasteiger partial charge in [-0.25, -0.2) is 4.79 Å². The number of carbonyl (C=O) groups excluding carboxylic acids is 2. The third kappa shape index (κ3) is 2.36. The van der Waals surface area contributed by atoms with E-state index in [1.54, 1.807) is 0 Å². The van der Waals surface area contributed by atoms with Crippen LogP contribution in [0.2, 0.25) is 0 Å². The van der Waals surface area contributed by atoms with Crippen molar-refractivity contribution in [1.82, 2.24) is 4.90 Å². The summed E-state index contributed by atoms with van der Waals surface area (Å²) in [5.41, 5.74) is 0.239. The Morgan fingerprint density at radius 2 is 2.32 bits per heavy atom. The van der Waals surface area contributed by atoms with Gasteiger partial charge in [-0.1, -0.05) is 27.5 Å². The van der Waals surface area contributed by atoms with Crippen LogP contribution in [0.15, 0.2) is 11.3 Å². The molecule has 1 fully saturated rings. The smallest absolute Gasteiger partial charge is 0.352 e. The fraction of sp³-hybridized carbons (Fsp3) is 0.500. The minimum atomic E-state index is -1.26. The summed E-state index contributed by atoms with van der Waals surface area (Å²) in [6.07, 6.45) is 0. The number of halogens is 2. The molecule has 0 spiro atoms. The van der Waals surface area contributed by atoms with Crippen molar-refractivity contribution in [3.8, 4) is 0 Å². The van der Waals surface area contributed by atoms with Gasteiger partial charge in [-0.15, -0.1) is 11.8 Å². The van der Waals surface area contributed by atoms with Crippen LogP contribution in [-0.4, -0.2) is 49.4 Å². The molecule has 0 aromatic carbocycles. The van der Waals surface area contributed by atoms with Crippen LogP contribution < -0.4 is 0 Å². The SMILES string of the molecule is CC(=O)OCC1=C(C(=O)O)N2C(=O)C(Cl)(Br)[C@H]2SC1. The number of carboxylic acid groups (broad SMARTS) is 1. The van der Waals surface area contributed by atoms with Crippen LogP contribution in [0.25, 0.3) is 0 Å². The number of alkyl halides is 2. The number of esters is 1. The lowest BCUT2D eigenvalue weighted by atomic mass is 10.1. The number of ether oxygens (including phenoxy) is 1. The Morgan fingerprint density at radius 1 is 1.68 bits per heavy atom. The zero-order chi connectivity index (χ0) is 14.4. The molecular weight excluding hydrogens is 362 g/mol. The summed E-state index contributed by atoms with van der Waals surface area (Å²) in [6.45, 7) is 1.09. The molecule has 104 valence electrons. The third-order valence-corrected chi connectivity index (χ3v) is 5.66. The molecule has 0 aromatic heterocycles. The van der Waals surface area contributed by atoms with E-state index >= 15 is 0 Å². The van der Waals surface area contributed by atoms with Gasteiger partial charge in [0, 0.05) is 18.2 Å². The Balaban J connectivity index is 2.30. The van der Waals surface area contributed by atoms with Gasteiger partial charge in [-0.3, -0.25) is 14.5 Å². The van der Waals surface area contributed by atoms with Gasteiger partial charge in [0.2, 0.25) is 3.78 Å². The number of aliphatic carboxylic acids is 1. The predicted octanol–water partition coefficient (Wildman–Crippen LogP) is 1.13. The molecule has 1 amide bonds. The molecule has 0 aromatic rings. The van der Waals surface area contributed by atoms with E-state index in [2.05, 4.69) is 15.9 Å². The maximum atomic E-state index is 11.8. The highest BCUT2D eigenvalue weighted by molar-refractivity contribution is 9.11. The van der Waals surface area contributed by atoms with Crippen molar-refractivity contribution in [3.63, 3.8) is 0 Å². The average Bonchev–Trinajstić information content (AvgIpc) is 2.34. The number of rotatable bonds is 3. The second-order valence-corrected chi connectivity index (χ2v) is 7.37. The van der Waals surface area contributed by atoms with Crippen LogP contribution in [0, 0.1) is 0 Å². The summed E-state index contributed by atoms with van der Waals surface area (Å²) >= 11 is 10.4. The lowest BCUT2D eigenvalue weighted by molar-refractivity contribution is -0.147. The average molecular weight is 371 g/mol. The molecule has 1 saturated heterocycles. The maximum Gasteiger partial charge on any atom is 0.352 e. The number of β-lactam (4-membered cyclic amide) rings is 1. The van der Waals surface area contributed by atoms with Crippen LogP contribution in [0.3, 0.4) is 0 Å². The minimum Gasteiger partial charge on any atom is -0.477 e. The zero-order valence-electron chi connectivity index (χ0n) is 9.68. The number of hydrogen-bond donors (Lipinski definition) is 1. The molecular formula is C10H9BrClNO5S. The Bertz CT molecular complexity index is 506. The quantitative estimate of drug-likeness (QED) is 0.455. The van der Waals surface area contributed by atoms with Crippen molar-refractivity contribution < 1.29 is 24.2 Å². The van der Waals surface area contributed by atoms with E-state index in [1.165, 1.54) is 18.7 Å². The van der Waals surface area contributed by atoms with Gasteiger partial charge in [-0.05, 0) is 0 Å². The normalized spacial score (nSPS) is 29.7. The largest absolute Gasteiger partial charge is 0.477 e. The molecule has 2 aliphatic rings. The summed E-state index contributed by atoms with van der Waals surface area (Å²) in [7, 11) is 0. The molecule has 0 saturated carbocycles. The van der Waals surface area contributed by atoms with Gasteiger partial charge in [0.1, 0.15) is 17.7 Å². The Kier molecular flexibility index (Phi) is 3.85. The molecule has 9 heteroatoms. The van der Waals surface area contributed by atoms with E-state index < -0.39 is 27.0 Å². The number of carbonyl (C=O) groups is 3. The van der Waals surface area contributed by atoms with Gasteiger partial charge >= 0.3 is 11.9 Å². The topological polar surface area (TPSA) is 83.9 Å². The van der Waals surface area contributed by atoms with E-state index in [-0.39, 0.29) is 12.3 Å². The first kappa shape index (κ1) is 14.7. The summed E-state index contributed by atoms with van der Waals surface area (Å²) in [4.78, 5) is 35.0. The van der Waals surface area contributed by atoms with Crippen LogP contribution in [-0.2, 0) is 19.1 Å². The number of fused-ring (bicyclic) bond motifs is 1. The van der Waals surface area contributed by atoms with Crippen LogP contribution in [0.1, 0.15) is 6.92 Å². The molecule has 2 atom stereocenters. The molecule has 0 bridgehead atoms. The van der Waals surface area contributed by atoms with Gasteiger partial charge in [0.15, 0.2) is 0 Å². The third-order valence-electron chi connectivity index (χ3n) is 2.69. The molecule has 2 heterocycles.